The number of rotatable bonds is 6. The second kappa shape index (κ2) is 6.58. The lowest BCUT2D eigenvalue weighted by molar-refractivity contribution is 0.112. The molecule has 112 valence electrons. The fourth-order valence-corrected chi connectivity index (χ4v) is 2.69. The van der Waals surface area contributed by atoms with Gasteiger partial charge >= 0.3 is 0 Å². The molecule has 0 atom stereocenters. The quantitative estimate of drug-likeness (QED) is 0.767. The van der Waals surface area contributed by atoms with E-state index in [1.165, 1.54) is 19.1 Å². The highest BCUT2D eigenvalue weighted by molar-refractivity contribution is 7.11. The minimum Gasteiger partial charge on any atom is -0.493 e. The Morgan fingerprint density at radius 2 is 1.81 bits per heavy atom. The molecule has 1 aromatic heterocycles. The molecule has 0 radical (unpaired) electrons. The first kappa shape index (κ1) is 15.3. The highest BCUT2D eigenvalue weighted by Crippen LogP contribution is 2.38. The Hall–Kier alpha value is -2.08. The molecule has 2 aromatic rings. The van der Waals surface area contributed by atoms with Crippen molar-refractivity contribution in [3.63, 3.8) is 0 Å². The van der Waals surface area contributed by atoms with Gasteiger partial charge in [-0.15, -0.1) is 11.3 Å². The van der Waals surface area contributed by atoms with Gasteiger partial charge in [0.15, 0.2) is 11.5 Å². The van der Waals surface area contributed by atoms with Gasteiger partial charge in [-0.25, -0.2) is 4.98 Å². The lowest BCUT2D eigenvalue weighted by Crippen LogP contribution is -2.01. The Kier molecular flexibility index (Phi) is 4.80. The molecule has 0 saturated heterocycles. The van der Waals surface area contributed by atoms with E-state index in [0.717, 1.165) is 17.0 Å². The van der Waals surface area contributed by atoms with Crippen molar-refractivity contribution in [2.24, 2.45) is 0 Å². The van der Waals surface area contributed by atoms with E-state index < -0.39 is 0 Å². The molecule has 0 amide bonds. The monoisotopic (exact) mass is 307 g/mol. The van der Waals surface area contributed by atoms with Gasteiger partial charge in [0, 0.05) is 10.4 Å². The maximum atomic E-state index is 10.9. The summed E-state index contributed by atoms with van der Waals surface area (Å²) in [6.45, 7) is 4.32. The third kappa shape index (κ3) is 3.33. The van der Waals surface area contributed by atoms with Crippen LogP contribution in [0.15, 0.2) is 12.1 Å². The van der Waals surface area contributed by atoms with Crippen LogP contribution in [0.25, 0.3) is 0 Å². The van der Waals surface area contributed by atoms with Gasteiger partial charge in [0.05, 0.1) is 19.9 Å². The molecule has 21 heavy (non-hydrogen) atoms. The highest BCUT2D eigenvalue weighted by Gasteiger charge is 2.15. The van der Waals surface area contributed by atoms with Crippen LogP contribution in [0.1, 0.15) is 25.9 Å². The molecular formula is C15H17NO4S. The lowest BCUT2D eigenvalue weighted by Gasteiger charge is -2.14. The first-order chi connectivity index (χ1) is 10.1. The van der Waals surface area contributed by atoms with Crippen molar-refractivity contribution < 1.29 is 19.0 Å². The van der Waals surface area contributed by atoms with E-state index in [-0.39, 0.29) is 0 Å². The second-order valence-corrected chi connectivity index (χ2v) is 5.70. The Bertz CT molecular complexity index is 607. The Morgan fingerprint density at radius 1 is 1.19 bits per heavy atom. The van der Waals surface area contributed by atoms with Crippen molar-refractivity contribution in [3.05, 3.63) is 33.3 Å². The number of carbonyl (C=O) groups is 1. The SMILES string of the molecule is COc1cc(C=O)cc(OC)c1OCc1nc(C)c(C)s1. The minimum atomic E-state index is 0.326. The van der Waals surface area contributed by atoms with Crippen molar-refractivity contribution in [3.8, 4) is 17.2 Å². The Morgan fingerprint density at radius 3 is 2.24 bits per heavy atom. The molecule has 5 nitrogen and oxygen atoms in total. The number of hydrogen-bond donors (Lipinski definition) is 0. The summed E-state index contributed by atoms with van der Waals surface area (Å²) in [7, 11) is 3.04. The normalized spacial score (nSPS) is 10.3. The van der Waals surface area contributed by atoms with Gasteiger partial charge in [0.2, 0.25) is 5.75 Å². The standard InChI is InChI=1S/C15H17NO4S/c1-9-10(2)21-14(16-9)8-20-15-12(18-3)5-11(7-17)6-13(15)19-4/h5-7H,8H2,1-4H3. The van der Waals surface area contributed by atoms with Crippen LogP contribution in [0.4, 0.5) is 0 Å². The van der Waals surface area contributed by atoms with Crippen LogP contribution in [0.2, 0.25) is 0 Å². The van der Waals surface area contributed by atoms with Crippen molar-refractivity contribution in [1.82, 2.24) is 4.98 Å². The number of aromatic nitrogens is 1. The van der Waals surface area contributed by atoms with E-state index in [1.807, 2.05) is 13.8 Å². The molecule has 0 aliphatic heterocycles. The van der Waals surface area contributed by atoms with Crippen LogP contribution >= 0.6 is 11.3 Å². The number of benzene rings is 1. The van der Waals surface area contributed by atoms with Gasteiger partial charge in [-0.2, -0.15) is 0 Å². The largest absolute Gasteiger partial charge is 0.493 e. The summed E-state index contributed by atoms with van der Waals surface area (Å²) >= 11 is 1.59. The summed E-state index contributed by atoms with van der Waals surface area (Å²) in [6, 6.07) is 3.23. The van der Waals surface area contributed by atoms with Gasteiger partial charge in [0.25, 0.3) is 0 Å². The third-order valence-electron chi connectivity index (χ3n) is 3.03. The summed E-state index contributed by atoms with van der Waals surface area (Å²) in [4.78, 5) is 16.5. The second-order valence-electron chi connectivity index (χ2n) is 4.41. The first-order valence-electron chi connectivity index (χ1n) is 6.36. The van der Waals surface area contributed by atoms with E-state index in [0.29, 0.717) is 29.4 Å². The smallest absolute Gasteiger partial charge is 0.204 e. The van der Waals surface area contributed by atoms with Crippen molar-refractivity contribution in [2.45, 2.75) is 20.5 Å². The van der Waals surface area contributed by atoms with Crippen LogP contribution < -0.4 is 14.2 Å². The van der Waals surface area contributed by atoms with E-state index in [2.05, 4.69) is 4.98 Å². The van der Waals surface area contributed by atoms with E-state index in [1.54, 1.807) is 23.5 Å². The fraction of sp³-hybridized carbons (Fsp3) is 0.333. The lowest BCUT2D eigenvalue weighted by atomic mass is 10.2. The summed E-state index contributed by atoms with van der Waals surface area (Å²) in [6.07, 6.45) is 0.738. The molecule has 0 unspecified atom stereocenters. The predicted octanol–water partition coefficient (Wildman–Crippen LogP) is 3.17. The molecule has 1 aromatic carbocycles. The molecule has 0 aliphatic carbocycles. The van der Waals surface area contributed by atoms with E-state index in [9.17, 15) is 4.79 Å². The van der Waals surface area contributed by atoms with Crippen LogP contribution in [-0.4, -0.2) is 25.5 Å². The fourth-order valence-electron chi connectivity index (χ4n) is 1.85. The zero-order valence-corrected chi connectivity index (χ0v) is 13.2. The average molecular weight is 307 g/mol. The number of ether oxygens (including phenoxy) is 3. The molecule has 0 N–H and O–H groups in total. The topological polar surface area (TPSA) is 57.7 Å². The van der Waals surface area contributed by atoms with Gasteiger partial charge < -0.3 is 14.2 Å². The van der Waals surface area contributed by atoms with Gasteiger partial charge in [-0.3, -0.25) is 4.79 Å². The molecule has 0 saturated carbocycles. The van der Waals surface area contributed by atoms with E-state index in [4.69, 9.17) is 14.2 Å². The number of carbonyl (C=O) groups excluding carboxylic acids is 1. The minimum absolute atomic E-state index is 0.326. The summed E-state index contributed by atoms with van der Waals surface area (Å²) in [5.41, 5.74) is 1.48. The zero-order valence-electron chi connectivity index (χ0n) is 12.4. The van der Waals surface area contributed by atoms with Gasteiger partial charge in [-0.1, -0.05) is 0 Å². The molecule has 0 aliphatic rings. The number of aldehydes is 1. The number of hydrogen-bond acceptors (Lipinski definition) is 6. The van der Waals surface area contributed by atoms with Crippen LogP contribution in [0, 0.1) is 13.8 Å². The third-order valence-corrected chi connectivity index (χ3v) is 4.08. The number of nitrogens with zero attached hydrogens (tertiary/aromatic N) is 1. The predicted molar refractivity (Wildman–Crippen MR) is 80.9 cm³/mol. The molecule has 0 bridgehead atoms. The van der Waals surface area contributed by atoms with Crippen LogP contribution in [0.5, 0.6) is 17.2 Å². The van der Waals surface area contributed by atoms with Crippen LogP contribution in [0.3, 0.4) is 0 Å². The highest BCUT2D eigenvalue weighted by atomic mass is 32.1. The maximum Gasteiger partial charge on any atom is 0.204 e. The Balaban J connectivity index is 2.27. The number of thiazole rings is 1. The molecule has 2 rings (SSSR count). The van der Waals surface area contributed by atoms with Crippen LogP contribution in [-0.2, 0) is 6.61 Å². The number of aryl methyl sites for hydroxylation is 2. The summed E-state index contributed by atoms with van der Waals surface area (Å²) in [5.74, 6) is 1.39. The van der Waals surface area contributed by atoms with Gasteiger partial charge in [0.1, 0.15) is 17.9 Å². The van der Waals surface area contributed by atoms with Crippen molar-refractivity contribution in [2.75, 3.05) is 14.2 Å². The van der Waals surface area contributed by atoms with Gasteiger partial charge in [-0.05, 0) is 26.0 Å². The molecule has 0 spiro atoms. The average Bonchev–Trinajstić information content (AvgIpc) is 2.82. The molecule has 0 fully saturated rings. The molecule has 6 heteroatoms. The zero-order chi connectivity index (χ0) is 15.4. The number of methoxy groups -OCH3 is 2. The molecular weight excluding hydrogens is 290 g/mol. The Labute approximate surface area is 127 Å². The van der Waals surface area contributed by atoms with Crippen molar-refractivity contribution in [1.29, 1.82) is 0 Å². The van der Waals surface area contributed by atoms with Crippen molar-refractivity contribution >= 4 is 17.6 Å². The first-order valence-corrected chi connectivity index (χ1v) is 7.17. The summed E-state index contributed by atoms with van der Waals surface area (Å²) < 4.78 is 16.3. The summed E-state index contributed by atoms with van der Waals surface area (Å²) in [5, 5.41) is 0.883. The molecule has 1 heterocycles. The van der Waals surface area contributed by atoms with E-state index >= 15 is 0 Å². The maximum absolute atomic E-state index is 10.9.